The van der Waals surface area contributed by atoms with Gasteiger partial charge in [0.25, 0.3) is 5.91 Å². The van der Waals surface area contributed by atoms with Crippen LogP contribution in [0.25, 0.3) is 5.52 Å². The number of hydrogen-bond acceptors (Lipinski definition) is 3. The Bertz CT molecular complexity index is 898. The summed E-state index contributed by atoms with van der Waals surface area (Å²) in [5.74, 6) is 0.176. The molecule has 1 aromatic carbocycles. The van der Waals surface area contributed by atoms with E-state index in [1.807, 2.05) is 36.5 Å². The summed E-state index contributed by atoms with van der Waals surface area (Å²) in [6, 6.07) is 14.5. The van der Waals surface area contributed by atoms with Crippen LogP contribution in [0.4, 0.5) is 4.39 Å². The van der Waals surface area contributed by atoms with Crippen molar-refractivity contribution in [1.82, 2.24) is 19.8 Å². The van der Waals surface area contributed by atoms with E-state index in [0.29, 0.717) is 24.7 Å². The van der Waals surface area contributed by atoms with Gasteiger partial charge in [-0.15, -0.1) is 0 Å². The van der Waals surface area contributed by atoms with E-state index in [9.17, 15) is 9.18 Å². The molecule has 0 spiro atoms. The number of nitrogens with one attached hydrogen (secondary N) is 1. The van der Waals surface area contributed by atoms with E-state index >= 15 is 0 Å². The maximum Gasteiger partial charge on any atom is 0.271 e. The third-order valence-electron chi connectivity index (χ3n) is 5.21. The van der Waals surface area contributed by atoms with Crippen LogP contribution >= 0.6 is 0 Å². The minimum Gasteiger partial charge on any atom is -0.350 e. The van der Waals surface area contributed by atoms with E-state index in [2.05, 4.69) is 15.3 Å². The van der Waals surface area contributed by atoms with E-state index < -0.39 is 0 Å². The van der Waals surface area contributed by atoms with Crippen LogP contribution in [0.15, 0.2) is 54.7 Å². The average molecular weight is 366 g/mol. The summed E-state index contributed by atoms with van der Waals surface area (Å²) in [5, 5.41) is 7.31. The highest BCUT2D eigenvalue weighted by molar-refractivity contribution is 5.93. The first-order valence-corrected chi connectivity index (χ1v) is 9.37. The number of amides is 1. The quantitative estimate of drug-likeness (QED) is 0.755. The zero-order valence-corrected chi connectivity index (χ0v) is 15.1. The smallest absolute Gasteiger partial charge is 0.271 e. The van der Waals surface area contributed by atoms with Gasteiger partial charge in [-0.25, -0.2) is 8.91 Å². The minimum absolute atomic E-state index is 0.132. The fraction of sp³-hybridized carbons (Fsp3) is 0.333. The van der Waals surface area contributed by atoms with Gasteiger partial charge >= 0.3 is 0 Å². The lowest BCUT2D eigenvalue weighted by Gasteiger charge is -2.32. The van der Waals surface area contributed by atoms with Crippen LogP contribution in [0.1, 0.15) is 28.9 Å². The number of halogens is 1. The molecular weight excluding hydrogens is 343 g/mol. The number of benzene rings is 1. The molecule has 1 aliphatic rings. The normalized spacial score (nSPS) is 15.9. The van der Waals surface area contributed by atoms with Crippen molar-refractivity contribution in [2.45, 2.75) is 19.4 Å². The van der Waals surface area contributed by atoms with Crippen LogP contribution in [0.2, 0.25) is 0 Å². The van der Waals surface area contributed by atoms with Crippen LogP contribution in [0.3, 0.4) is 0 Å². The summed E-state index contributed by atoms with van der Waals surface area (Å²) >= 11 is 0. The second kappa shape index (κ2) is 7.88. The number of carbonyl (C=O) groups is 1. The van der Waals surface area contributed by atoms with Crippen molar-refractivity contribution < 1.29 is 9.18 Å². The summed E-state index contributed by atoms with van der Waals surface area (Å²) in [7, 11) is 0. The number of likely N-dealkylation sites (tertiary alicyclic amines) is 1. The van der Waals surface area contributed by atoms with Crippen LogP contribution in [-0.2, 0) is 6.54 Å². The molecule has 1 saturated heterocycles. The molecule has 6 heteroatoms. The summed E-state index contributed by atoms with van der Waals surface area (Å²) in [6.45, 7) is 3.14. The van der Waals surface area contributed by atoms with E-state index in [1.165, 1.54) is 6.07 Å². The average Bonchev–Trinajstić information content (AvgIpc) is 3.13. The third-order valence-corrected chi connectivity index (χ3v) is 5.21. The highest BCUT2D eigenvalue weighted by atomic mass is 19.1. The highest BCUT2D eigenvalue weighted by Crippen LogP contribution is 2.19. The molecule has 2 aromatic heterocycles. The molecule has 0 bridgehead atoms. The van der Waals surface area contributed by atoms with Crippen molar-refractivity contribution in [3.8, 4) is 0 Å². The van der Waals surface area contributed by atoms with Gasteiger partial charge < -0.3 is 5.32 Å². The van der Waals surface area contributed by atoms with Crippen LogP contribution in [-0.4, -0.2) is 40.1 Å². The van der Waals surface area contributed by atoms with E-state index in [0.717, 1.165) is 37.0 Å². The number of hydrogen-bond donors (Lipinski definition) is 1. The first kappa shape index (κ1) is 17.7. The van der Waals surface area contributed by atoms with Crippen molar-refractivity contribution in [3.63, 3.8) is 0 Å². The molecule has 0 unspecified atom stereocenters. The molecule has 0 atom stereocenters. The molecule has 3 aromatic rings. The molecule has 4 rings (SSSR count). The third kappa shape index (κ3) is 4.17. The number of pyridine rings is 1. The van der Waals surface area contributed by atoms with Gasteiger partial charge in [0.1, 0.15) is 5.82 Å². The summed E-state index contributed by atoms with van der Waals surface area (Å²) in [6.07, 6.45) is 3.83. The van der Waals surface area contributed by atoms with Crippen molar-refractivity contribution in [2.75, 3.05) is 19.6 Å². The molecule has 27 heavy (non-hydrogen) atoms. The molecule has 140 valence electrons. The SMILES string of the molecule is O=C(NCC1CCN(Cc2ccccc2F)CC1)c1cc2ccccn2n1. The Balaban J connectivity index is 1.25. The zero-order valence-electron chi connectivity index (χ0n) is 15.1. The predicted molar refractivity (Wildman–Crippen MR) is 102 cm³/mol. The van der Waals surface area contributed by atoms with Gasteiger partial charge in [-0.05, 0) is 56.1 Å². The Kier molecular flexibility index (Phi) is 5.16. The van der Waals surface area contributed by atoms with E-state index in [-0.39, 0.29) is 11.7 Å². The standard InChI is InChI=1S/C21H23FN4O/c22-19-7-2-1-5-17(19)15-25-11-8-16(9-12-25)14-23-21(27)20-13-18-6-3-4-10-26(18)24-20/h1-7,10,13,16H,8-9,11-12,14-15H2,(H,23,27). The summed E-state index contributed by atoms with van der Waals surface area (Å²) < 4.78 is 15.5. The Hall–Kier alpha value is -2.73. The Morgan fingerprint density at radius 1 is 1.15 bits per heavy atom. The van der Waals surface area contributed by atoms with Crippen LogP contribution < -0.4 is 5.32 Å². The molecule has 1 fully saturated rings. The maximum absolute atomic E-state index is 13.8. The van der Waals surface area contributed by atoms with Gasteiger partial charge in [0.2, 0.25) is 0 Å². The zero-order chi connectivity index (χ0) is 18.6. The number of aromatic nitrogens is 2. The lowest BCUT2D eigenvalue weighted by Crippen LogP contribution is -2.38. The molecule has 1 amide bonds. The van der Waals surface area contributed by atoms with Crippen LogP contribution in [0.5, 0.6) is 0 Å². The highest BCUT2D eigenvalue weighted by Gasteiger charge is 2.21. The van der Waals surface area contributed by atoms with E-state index in [4.69, 9.17) is 0 Å². The number of piperidine rings is 1. The van der Waals surface area contributed by atoms with Gasteiger partial charge in [-0.2, -0.15) is 5.10 Å². The van der Waals surface area contributed by atoms with Gasteiger partial charge in [0.05, 0.1) is 5.52 Å². The van der Waals surface area contributed by atoms with Gasteiger partial charge in [0.15, 0.2) is 5.69 Å². The second-order valence-electron chi connectivity index (χ2n) is 7.12. The Labute approximate surface area is 157 Å². The summed E-state index contributed by atoms with van der Waals surface area (Å²) in [4.78, 5) is 14.6. The lowest BCUT2D eigenvalue weighted by atomic mass is 9.96. The van der Waals surface area contributed by atoms with Crippen molar-refractivity contribution in [2.24, 2.45) is 5.92 Å². The van der Waals surface area contributed by atoms with E-state index in [1.54, 1.807) is 16.6 Å². The molecular formula is C21H23FN4O. The number of carbonyl (C=O) groups excluding carboxylic acids is 1. The first-order chi connectivity index (χ1) is 13.2. The second-order valence-corrected chi connectivity index (χ2v) is 7.12. The monoisotopic (exact) mass is 366 g/mol. The lowest BCUT2D eigenvalue weighted by molar-refractivity contribution is 0.0929. The molecule has 5 nitrogen and oxygen atoms in total. The molecule has 0 aliphatic carbocycles. The topological polar surface area (TPSA) is 49.6 Å². The number of rotatable bonds is 5. The summed E-state index contributed by atoms with van der Waals surface area (Å²) in [5.41, 5.74) is 2.10. The molecule has 1 N–H and O–H groups in total. The Morgan fingerprint density at radius 2 is 1.93 bits per heavy atom. The predicted octanol–water partition coefficient (Wildman–Crippen LogP) is 3.12. The maximum atomic E-state index is 13.8. The van der Waals surface area contributed by atoms with Gasteiger partial charge in [-0.3, -0.25) is 9.69 Å². The first-order valence-electron chi connectivity index (χ1n) is 9.37. The fourth-order valence-electron chi connectivity index (χ4n) is 3.59. The molecule has 3 heterocycles. The number of nitrogens with zero attached hydrogens (tertiary/aromatic N) is 3. The Morgan fingerprint density at radius 3 is 2.70 bits per heavy atom. The number of fused-ring (bicyclic) bond motifs is 1. The fourth-order valence-corrected chi connectivity index (χ4v) is 3.59. The largest absolute Gasteiger partial charge is 0.350 e. The van der Waals surface area contributed by atoms with Crippen molar-refractivity contribution in [3.05, 3.63) is 71.8 Å². The van der Waals surface area contributed by atoms with Crippen LogP contribution in [0, 0.1) is 11.7 Å². The molecule has 0 radical (unpaired) electrons. The minimum atomic E-state index is -0.139. The molecule has 1 aliphatic heterocycles. The van der Waals surface area contributed by atoms with Gasteiger partial charge in [0, 0.05) is 24.8 Å². The molecule has 0 saturated carbocycles. The van der Waals surface area contributed by atoms with Gasteiger partial charge in [-0.1, -0.05) is 24.3 Å². The van der Waals surface area contributed by atoms with Crippen molar-refractivity contribution in [1.29, 1.82) is 0 Å². The van der Waals surface area contributed by atoms with Crippen molar-refractivity contribution >= 4 is 11.4 Å².